The summed E-state index contributed by atoms with van der Waals surface area (Å²) in [6.45, 7) is 8.80. The third-order valence-electron chi connectivity index (χ3n) is 2.34. The van der Waals surface area contributed by atoms with Crippen molar-refractivity contribution >= 4 is 6.09 Å². The lowest BCUT2D eigenvalue weighted by molar-refractivity contribution is -0.0925. The summed E-state index contributed by atoms with van der Waals surface area (Å²) in [4.78, 5) is 11.5. The number of hydrogen-bond acceptors (Lipinski definition) is 5. The van der Waals surface area contributed by atoms with Gasteiger partial charge in [-0.3, -0.25) is 0 Å². The average molecular weight is 273 g/mol. The molecule has 1 atom stereocenters. The Morgan fingerprint density at radius 3 is 2.58 bits per heavy atom. The molecule has 0 spiro atoms. The number of nitrogens with one attached hydrogen (secondary N) is 1. The monoisotopic (exact) mass is 273 g/mol. The summed E-state index contributed by atoms with van der Waals surface area (Å²) < 4.78 is 5.02. The number of carbonyl (C=O) groups excluding carboxylic acids is 1. The lowest BCUT2D eigenvalue weighted by Crippen LogP contribution is -2.46. The number of unbranched alkanes of at least 4 members (excludes halogenated alkanes) is 3. The van der Waals surface area contributed by atoms with Gasteiger partial charge in [0.05, 0.1) is 6.17 Å². The number of hydroxylamine groups is 2. The van der Waals surface area contributed by atoms with Crippen molar-refractivity contribution in [2.75, 3.05) is 0 Å². The minimum absolute atomic E-state index is 0.239. The molecular weight excluding hydrogens is 248 g/mol. The van der Waals surface area contributed by atoms with E-state index < -0.39 is 17.9 Å². The zero-order chi connectivity index (χ0) is 14.9. The van der Waals surface area contributed by atoms with Crippen molar-refractivity contribution in [3.63, 3.8) is 0 Å². The van der Waals surface area contributed by atoms with Gasteiger partial charge in [0.25, 0.3) is 0 Å². The zero-order valence-corrected chi connectivity index (χ0v) is 12.0. The maximum absolute atomic E-state index is 11.5. The predicted octanol–water partition coefficient (Wildman–Crippen LogP) is 3.16. The lowest BCUT2D eigenvalue weighted by atomic mass is 10.1. The first-order valence-electron chi connectivity index (χ1n) is 6.52. The fraction of sp³-hybridized carbons (Fsp3) is 0.769. The van der Waals surface area contributed by atoms with E-state index in [0.717, 1.165) is 25.7 Å². The van der Waals surface area contributed by atoms with Crippen LogP contribution in [0.2, 0.25) is 0 Å². The van der Waals surface area contributed by atoms with Crippen molar-refractivity contribution in [2.45, 2.75) is 64.6 Å². The van der Waals surface area contributed by atoms with E-state index in [4.69, 9.17) is 9.94 Å². The highest BCUT2D eigenvalue weighted by molar-refractivity contribution is 5.67. The van der Waals surface area contributed by atoms with Crippen LogP contribution in [0, 0.1) is 5.21 Å². The Kier molecular flexibility index (Phi) is 8.38. The Morgan fingerprint density at radius 2 is 2.11 bits per heavy atom. The highest BCUT2D eigenvalue weighted by Crippen LogP contribution is 2.10. The van der Waals surface area contributed by atoms with Crippen molar-refractivity contribution in [1.29, 1.82) is 0 Å². The largest absolute Gasteiger partial charge is 0.761 e. The van der Waals surface area contributed by atoms with Gasteiger partial charge in [-0.1, -0.05) is 12.5 Å². The molecule has 0 aliphatic carbocycles. The second-order valence-electron chi connectivity index (χ2n) is 5.39. The minimum Gasteiger partial charge on any atom is -0.761 e. The van der Waals surface area contributed by atoms with Crippen molar-refractivity contribution < 1.29 is 14.7 Å². The van der Waals surface area contributed by atoms with Crippen LogP contribution in [0.5, 0.6) is 0 Å². The maximum atomic E-state index is 11.5. The fourth-order valence-electron chi connectivity index (χ4n) is 1.48. The molecule has 0 radical (unpaired) electrons. The van der Waals surface area contributed by atoms with Crippen LogP contribution in [-0.2, 0) is 4.74 Å². The van der Waals surface area contributed by atoms with E-state index >= 15 is 0 Å². The molecule has 0 heterocycles. The molecule has 0 bridgehead atoms. The number of alkyl carbamates (subject to hydrolysis) is 1. The molecule has 1 amide bonds. The number of hydrogen-bond donors (Lipinski definition) is 2. The molecule has 0 aromatic rings. The van der Waals surface area contributed by atoms with Crippen LogP contribution in [0.1, 0.15) is 52.9 Å². The van der Waals surface area contributed by atoms with Crippen molar-refractivity contribution in [3.8, 4) is 0 Å². The van der Waals surface area contributed by atoms with E-state index in [0.29, 0.717) is 6.42 Å². The molecule has 6 nitrogen and oxygen atoms in total. The molecule has 0 aliphatic heterocycles. The molecule has 112 valence electrons. The SMILES string of the molecule is C=CCCCCC[C@H](NC(=O)OC(C)(C)C)N([O-])O. The van der Waals surface area contributed by atoms with Gasteiger partial charge in [-0.2, -0.15) is 0 Å². The van der Waals surface area contributed by atoms with Gasteiger partial charge in [0.1, 0.15) is 5.60 Å². The van der Waals surface area contributed by atoms with Gasteiger partial charge in [0, 0.05) is 0 Å². The first-order valence-corrected chi connectivity index (χ1v) is 6.52. The molecule has 0 fully saturated rings. The summed E-state index contributed by atoms with van der Waals surface area (Å²) in [5, 5.41) is 22.0. The topological polar surface area (TPSA) is 84.9 Å². The van der Waals surface area contributed by atoms with Gasteiger partial charge >= 0.3 is 6.09 Å². The standard InChI is InChI=1S/C13H25N2O4/c1-5-6-7-8-9-10-11(15(17)18)14-12(16)19-13(2,3)4/h5,11,17H,1,6-10H2,2-4H3,(H,14,16)/q-1/t11-/m1/s1. The van der Waals surface area contributed by atoms with Crippen LogP contribution in [-0.4, -0.2) is 28.3 Å². The number of rotatable bonds is 8. The highest BCUT2D eigenvalue weighted by Gasteiger charge is 2.19. The molecule has 0 unspecified atom stereocenters. The van der Waals surface area contributed by atoms with Gasteiger partial charge in [-0.25, -0.2) is 10.0 Å². The molecule has 0 aromatic carbocycles. The summed E-state index contributed by atoms with van der Waals surface area (Å²) in [5.74, 6) is 0. The molecular formula is C13H25N2O4-. The van der Waals surface area contributed by atoms with E-state index in [1.165, 1.54) is 0 Å². The van der Waals surface area contributed by atoms with E-state index in [2.05, 4.69) is 11.9 Å². The Labute approximate surface area is 115 Å². The Balaban J connectivity index is 4.05. The van der Waals surface area contributed by atoms with Gasteiger partial charge in [-0.15, -0.1) is 6.58 Å². The summed E-state index contributed by atoms with van der Waals surface area (Å²) in [6.07, 6.45) is 4.06. The maximum Gasteiger partial charge on any atom is 0.408 e. The first kappa shape index (κ1) is 17.9. The summed E-state index contributed by atoms with van der Waals surface area (Å²) in [6, 6.07) is 0. The van der Waals surface area contributed by atoms with Gasteiger partial charge in [0.2, 0.25) is 0 Å². The highest BCUT2D eigenvalue weighted by atomic mass is 16.8. The Hall–Kier alpha value is -1.11. The second-order valence-corrected chi connectivity index (χ2v) is 5.39. The van der Waals surface area contributed by atoms with Crippen molar-refractivity contribution in [1.82, 2.24) is 10.5 Å². The van der Waals surface area contributed by atoms with E-state index in [1.807, 2.05) is 6.08 Å². The van der Waals surface area contributed by atoms with Crippen molar-refractivity contribution in [2.24, 2.45) is 0 Å². The van der Waals surface area contributed by atoms with Gasteiger partial charge < -0.3 is 20.5 Å². The predicted molar refractivity (Wildman–Crippen MR) is 73.4 cm³/mol. The van der Waals surface area contributed by atoms with Crippen LogP contribution in [0.15, 0.2) is 12.7 Å². The first-order chi connectivity index (χ1) is 8.76. The number of amides is 1. The molecule has 0 aromatic heterocycles. The molecule has 19 heavy (non-hydrogen) atoms. The van der Waals surface area contributed by atoms with Crippen molar-refractivity contribution in [3.05, 3.63) is 17.9 Å². The fourth-order valence-corrected chi connectivity index (χ4v) is 1.48. The molecule has 2 N–H and O–H groups in total. The third kappa shape index (κ3) is 10.5. The van der Waals surface area contributed by atoms with Crippen LogP contribution in [0.4, 0.5) is 4.79 Å². The van der Waals surface area contributed by atoms with Crippen LogP contribution < -0.4 is 5.32 Å². The quantitative estimate of drug-likeness (QED) is 0.307. The summed E-state index contributed by atoms with van der Waals surface area (Å²) >= 11 is 0. The van der Waals surface area contributed by atoms with Crippen LogP contribution in [0.25, 0.3) is 0 Å². The number of carbonyl (C=O) groups is 1. The normalized spacial score (nSPS) is 13.2. The molecule has 0 rings (SSSR count). The second kappa shape index (κ2) is 8.90. The Bertz CT molecular complexity index is 274. The van der Waals surface area contributed by atoms with Crippen LogP contribution >= 0.6 is 0 Å². The zero-order valence-electron chi connectivity index (χ0n) is 12.0. The molecule has 0 saturated heterocycles. The van der Waals surface area contributed by atoms with E-state index in [1.54, 1.807) is 20.8 Å². The summed E-state index contributed by atoms with van der Waals surface area (Å²) in [7, 11) is 0. The number of allylic oxidation sites excluding steroid dienone is 1. The molecule has 0 saturated carbocycles. The molecule has 6 heteroatoms. The van der Waals surface area contributed by atoms with Gasteiger partial charge in [0.15, 0.2) is 0 Å². The smallest absolute Gasteiger partial charge is 0.408 e. The number of nitrogens with zero attached hydrogens (tertiary/aromatic N) is 1. The third-order valence-corrected chi connectivity index (χ3v) is 2.34. The lowest BCUT2D eigenvalue weighted by Gasteiger charge is -2.32. The minimum atomic E-state index is -0.974. The molecule has 0 aliphatic rings. The average Bonchev–Trinajstić information content (AvgIpc) is 2.24. The van der Waals surface area contributed by atoms with E-state index in [-0.39, 0.29) is 5.23 Å². The Morgan fingerprint density at radius 1 is 1.47 bits per heavy atom. The van der Waals surface area contributed by atoms with Gasteiger partial charge in [-0.05, 0) is 46.5 Å². The number of ether oxygens (including phenoxy) is 1. The van der Waals surface area contributed by atoms with Crippen LogP contribution in [0.3, 0.4) is 0 Å². The van der Waals surface area contributed by atoms with E-state index in [9.17, 15) is 10.0 Å². The summed E-state index contributed by atoms with van der Waals surface area (Å²) in [5.41, 5.74) is -0.637.